The van der Waals surface area contributed by atoms with Gasteiger partial charge in [-0.1, -0.05) is 178 Å². The van der Waals surface area contributed by atoms with Crippen molar-refractivity contribution in [1.82, 2.24) is 15.0 Å². The normalized spacial score (nSPS) is 12.8. The maximum absolute atomic E-state index is 7.32. The number of benzene rings is 8. The highest BCUT2D eigenvalue weighted by molar-refractivity contribution is 6.00. The molecule has 0 atom stereocenters. The number of hydrogen-bond donors (Lipinski definition) is 0. The van der Waals surface area contributed by atoms with Crippen LogP contribution >= 0.6 is 0 Å². The van der Waals surface area contributed by atoms with E-state index in [2.05, 4.69) is 195 Å². The molecule has 2 aromatic heterocycles. The second-order valence-corrected chi connectivity index (χ2v) is 17.2. The molecule has 8 aromatic carbocycles. The number of rotatable bonds is 4. The Balaban J connectivity index is 1.13. The Bertz CT molecular complexity index is 3430. The molecule has 0 fully saturated rings. The monoisotopic (exact) mass is 819 g/mol. The molecule has 0 bridgehead atoms. The Labute approximate surface area is 373 Å². The van der Waals surface area contributed by atoms with Crippen molar-refractivity contribution < 1.29 is 4.74 Å². The van der Waals surface area contributed by atoms with Crippen LogP contribution in [0.15, 0.2) is 213 Å². The summed E-state index contributed by atoms with van der Waals surface area (Å²) in [6.45, 7) is 4.65. The lowest BCUT2D eigenvalue weighted by Gasteiger charge is -2.24. The first-order valence-corrected chi connectivity index (χ1v) is 21.8. The number of hydrogen-bond acceptors (Lipinski definition) is 4. The summed E-state index contributed by atoms with van der Waals surface area (Å²) >= 11 is 0. The largest absolute Gasteiger partial charge is 0.456 e. The second kappa shape index (κ2) is 15.0. The first-order chi connectivity index (χ1) is 31.5. The van der Waals surface area contributed by atoms with Gasteiger partial charge in [-0.05, 0) is 103 Å². The summed E-state index contributed by atoms with van der Waals surface area (Å²) in [5.41, 5.74) is 20.4. The van der Waals surface area contributed by atoms with Gasteiger partial charge < -0.3 is 4.74 Å². The van der Waals surface area contributed by atoms with E-state index in [0.717, 1.165) is 95.2 Å². The zero-order chi connectivity index (χ0) is 42.8. The molecule has 12 rings (SSSR count). The zero-order valence-corrected chi connectivity index (χ0v) is 35.5. The van der Waals surface area contributed by atoms with Gasteiger partial charge in [-0.25, -0.2) is 9.97 Å². The third kappa shape index (κ3) is 6.26. The topological polar surface area (TPSA) is 47.9 Å². The van der Waals surface area contributed by atoms with Crippen molar-refractivity contribution in [1.29, 1.82) is 0 Å². The fourth-order valence-corrected chi connectivity index (χ4v) is 9.81. The molecule has 0 saturated heterocycles. The molecule has 0 amide bonds. The van der Waals surface area contributed by atoms with Crippen LogP contribution in [0.1, 0.15) is 25.0 Å². The minimum absolute atomic E-state index is 0.221. The second-order valence-electron chi connectivity index (χ2n) is 17.2. The van der Waals surface area contributed by atoms with Crippen molar-refractivity contribution in [2.24, 2.45) is 0 Å². The van der Waals surface area contributed by atoms with Crippen LogP contribution in [0.5, 0.6) is 11.5 Å². The van der Waals surface area contributed by atoms with E-state index < -0.39 is 0 Å². The van der Waals surface area contributed by atoms with Crippen LogP contribution in [-0.4, -0.2) is 15.0 Å². The maximum Gasteiger partial charge on any atom is 0.160 e. The van der Waals surface area contributed by atoms with Gasteiger partial charge in [-0.15, -0.1) is 0 Å². The number of fused-ring (bicyclic) bond motifs is 12. The smallest absolute Gasteiger partial charge is 0.160 e. The molecule has 302 valence electrons. The van der Waals surface area contributed by atoms with Crippen LogP contribution in [0.3, 0.4) is 0 Å². The van der Waals surface area contributed by atoms with Crippen molar-refractivity contribution in [2.75, 3.05) is 0 Å². The molecule has 4 nitrogen and oxygen atoms in total. The van der Waals surface area contributed by atoms with Crippen LogP contribution in [0.4, 0.5) is 0 Å². The first-order valence-electron chi connectivity index (χ1n) is 21.8. The number of para-hydroxylation sites is 1. The Kier molecular flexibility index (Phi) is 8.80. The highest BCUT2D eigenvalue weighted by Crippen LogP contribution is 2.55. The standard InChI is InChI=1S/C60H41N3O/c1-60(2)53-24-12-10-22-48(53)51-34-52-50-33-41(56-36-55(62-59(63-56)40-15-4-3-5-16-40)39-28-26-38(27-29-39)42-17-14-32-61-37-42)30-31-47(50)45-20-7-6-18-43(45)44-19-8-9-21-46(44)49-23-11-13-25-57(49)64-58(52)35-54(51)60/h3-37H,1-2H3. The van der Waals surface area contributed by atoms with Crippen LogP contribution in [0.2, 0.25) is 0 Å². The molecule has 10 aromatic rings. The summed E-state index contributed by atoms with van der Waals surface area (Å²) in [7, 11) is 0. The SMILES string of the molecule is CC1(C)c2ccccc2-c2cc3c(cc21)Oc1ccccc1-c1ccccc1-c1ccccc1-c1ccc(-c2cc(-c4ccc(-c5cccnc5)cc4)nc(-c4ccccc4)n2)cc1-3. The summed E-state index contributed by atoms with van der Waals surface area (Å²) in [5.74, 6) is 2.29. The molecule has 3 heterocycles. The highest BCUT2D eigenvalue weighted by Gasteiger charge is 2.37. The third-order valence-corrected chi connectivity index (χ3v) is 13.1. The van der Waals surface area contributed by atoms with Crippen LogP contribution < -0.4 is 4.74 Å². The van der Waals surface area contributed by atoms with Gasteiger partial charge in [0.25, 0.3) is 0 Å². The Morgan fingerprint density at radius 3 is 1.61 bits per heavy atom. The van der Waals surface area contributed by atoms with Crippen LogP contribution in [-0.2, 0) is 5.41 Å². The van der Waals surface area contributed by atoms with E-state index in [4.69, 9.17) is 14.7 Å². The van der Waals surface area contributed by atoms with Crippen molar-refractivity contribution >= 4 is 0 Å². The van der Waals surface area contributed by atoms with Gasteiger partial charge in [0.1, 0.15) is 11.5 Å². The van der Waals surface area contributed by atoms with Gasteiger partial charge in [0.15, 0.2) is 5.82 Å². The predicted molar refractivity (Wildman–Crippen MR) is 261 cm³/mol. The molecule has 1 aliphatic carbocycles. The zero-order valence-electron chi connectivity index (χ0n) is 35.5. The average molecular weight is 820 g/mol. The maximum atomic E-state index is 7.32. The molecule has 2 aliphatic rings. The van der Waals surface area contributed by atoms with Gasteiger partial charge in [-0.3, -0.25) is 4.98 Å². The number of pyridine rings is 1. The van der Waals surface area contributed by atoms with E-state index in [1.807, 2.05) is 30.5 Å². The number of nitrogens with zero attached hydrogens (tertiary/aromatic N) is 3. The van der Waals surface area contributed by atoms with E-state index in [-0.39, 0.29) is 5.41 Å². The Morgan fingerprint density at radius 2 is 0.906 bits per heavy atom. The summed E-state index contributed by atoms with van der Waals surface area (Å²) in [5, 5.41) is 0. The minimum atomic E-state index is -0.221. The third-order valence-electron chi connectivity index (χ3n) is 13.1. The molecule has 4 heteroatoms. The molecule has 0 unspecified atom stereocenters. The lowest BCUT2D eigenvalue weighted by Crippen LogP contribution is -2.15. The lowest BCUT2D eigenvalue weighted by atomic mass is 9.81. The predicted octanol–water partition coefficient (Wildman–Crippen LogP) is 15.6. The van der Waals surface area contributed by atoms with Crippen molar-refractivity contribution in [2.45, 2.75) is 19.3 Å². The summed E-state index contributed by atoms with van der Waals surface area (Å²) < 4.78 is 7.32. The molecule has 0 radical (unpaired) electrons. The van der Waals surface area contributed by atoms with Gasteiger partial charge in [0.2, 0.25) is 0 Å². The Hall–Kier alpha value is -8.21. The number of ether oxygens (including phenoxy) is 1. The van der Waals surface area contributed by atoms with Crippen LogP contribution in [0, 0.1) is 0 Å². The quantitative estimate of drug-likeness (QED) is 0.177. The molecule has 0 N–H and O–H groups in total. The van der Waals surface area contributed by atoms with E-state index in [0.29, 0.717) is 5.82 Å². The van der Waals surface area contributed by atoms with Crippen molar-refractivity contribution in [3.05, 3.63) is 224 Å². The van der Waals surface area contributed by atoms with Crippen LogP contribution in [0.25, 0.3) is 101 Å². The molecular formula is C60H41N3O. The average Bonchev–Trinajstić information content (AvgIpc) is 3.58. The molecule has 1 aliphatic heterocycles. The molecule has 0 spiro atoms. The number of aromatic nitrogens is 3. The molecular weight excluding hydrogens is 779 g/mol. The Morgan fingerprint density at radius 1 is 0.344 bits per heavy atom. The van der Waals surface area contributed by atoms with Crippen molar-refractivity contribution in [3.63, 3.8) is 0 Å². The summed E-state index contributed by atoms with van der Waals surface area (Å²) in [6, 6.07) is 71.2. The van der Waals surface area contributed by atoms with Gasteiger partial charge in [0.05, 0.1) is 11.4 Å². The van der Waals surface area contributed by atoms with Gasteiger partial charge in [-0.2, -0.15) is 0 Å². The van der Waals surface area contributed by atoms with E-state index in [1.165, 1.54) is 22.3 Å². The van der Waals surface area contributed by atoms with Gasteiger partial charge in [0, 0.05) is 45.6 Å². The summed E-state index contributed by atoms with van der Waals surface area (Å²) in [4.78, 5) is 14.8. The highest BCUT2D eigenvalue weighted by atomic mass is 16.5. The van der Waals surface area contributed by atoms with Crippen molar-refractivity contribution in [3.8, 4) is 112 Å². The van der Waals surface area contributed by atoms with Gasteiger partial charge >= 0.3 is 0 Å². The lowest BCUT2D eigenvalue weighted by molar-refractivity contribution is 0.484. The molecule has 64 heavy (non-hydrogen) atoms. The fraction of sp³-hybridized carbons (Fsp3) is 0.0500. The van der Waals surface area contributed by atoms with E-state index in [1.54, 1.807) is 6.20 Å². The van der Waals surface area contributed by atoms with E-state index >= 15 is 0 Å². The van der Waals surface area contributed by atoms with E-state index in [9.17, 15) is 0 Å². The minimum Gasteiger partial charge on any atom is -0.456 e. The molecule has 0 saturated carbocycles. The fourth-order valence-electron chi connectivity index (χ4n) is 9.81. The summed E-state index contributed by atoms with van der Waals surface area (Å²) in [6.07, 6.45) is 3.69. The first kappa shape index (κ1) is 37.5.